The standard InChI is InChI=1S/C16H22N4S/c1-2-10-17-16(21)19-18-15-8-11-20(12-9-15)13-14-6-4-3-5-7-14/h2-7H,1,8-13H2,(H2,17,19,21)/p+1. The molecule has 3 N–H and O–H groups in total. The minimum atomic E-state index is 0.557. The first-order valence-electron chi connectivity index (χ1n) is 7.35. The number of hydrogen-bond acceptors (Lipinski definition) is 2. The predicted octanol–water partition coefficient (Wildman–Crippen LogP) is 0.871. The normalized spacial score (nSPS) is 17.9. The van der Waals surface area contributed by atoms with Crippen LogP contribution in [0, 0.1) is 0 Å². The van der Waals surface area contributed by atoms with E-state index in [0.29, 0.717) is 11.7 Å². The Balaban J connectivity index is 1.72. The molecule has 0 atom stereocenters. The molecule has 5 heteroatoms. The molecule has 1 aliphatic heterocycles. The molecule has 112 valence electrons. The molecule has 4 nitrogen and oxygen atoms in total. The first-order valence-corrected chi connectivity index (χ1v) is 7.76. The lowest BCUT2D eigenvalue weighted by molar-refractivity contribution is -0.914. The monoisotopic (exact) mass is 303 g/mol. The van der Waals surface area contributed by atoms with E-state index in [9.17, 15) is 0 Å². The van der Waals surface area contributed by atoms with Crippen molar-refractivity contribution < 1.29 is 4.90 Å². The van der Waals surface area contributed by atoms with Crippen LogP contribution in [0.25, 0.3) is 0 Å². The number of hydrogen-bond donors (Lipinski definition) is 3. The zero-order valence-electron chi connectivity index (χ0n) is 12.3. The maximum atomic E-state index is 5.12. The van der Waals surface area contributed by atoms with Gasteiger partial charge in [0.15, 0.2) is 5.11 Å². The van der Waals surface area contributed by atoms with Gasteiger partial charge in [-0.25, -0.2) is 0 Å². The second-order valence-electron chi connectivity index (χ2n) is 5.20. The van der Waals surface area contributed by atoms with Gasteiger partial charge >= 0.3 is 0 Å². The molecule has 1 heterocycles. The molecule has 1 fully saturated rings. The van der Waals surface area contributed by atoms with Gasteiger partial charge in [-0.2, -0.15) is 5.10 Å². The quantitative estimate of drug-likeness (QED) is 0.429. The van der Waals surface area contributed by atoms with Crippen LogP contribution >= 0.6 is 12.2 Å². The Kier molecular flexibility index (Phi) is 6.37. The van der Waals surface area contributed by atoms with E-state index in [0.717, 1.165) is 32.5 Å². The highest BCUT2D eigenvalue weighted by atomic mass is 32.1. The van der Waals surface area contributed by atoms with Gasteiger partial charge in [0.2, 0.25) is 0 Å². The molecule has 0 amide bonds. The first kappa shape index (κ1) is 15.7. The van der Waals surface area contributed by atoms with E-state index in [1.807, 2.05) is 0 Å². The molecule has 1 aliphatic rings. The predicted molar refractivity (Wildman–Crippen MR) is 91.4 cm³/mol. The fourth-order valence-corrected chi connectivity index (χ4v) is 2.53. The smallest absolute Gasteiger partial charge is 0.187 e. The van der Waals surface area contributed by atoms with E-state index in [-0.39, 0.29) is 0 Å². The number of likely N-dealkylation sites (tertiary alicyclic amines) is 1. The maximum absolute atomic E-state index is 5.12. The molecule has 0 aromatic heterocycles. The molecule has 0 bridgehead atoms. The number of thiocarbonyl (C=S) groups is 1. The van der Waals surface area contributed by atoms with Crippen LogP contribution in [0.2, 0.25) is 0 Å². The van der Waals surface area contributed by atoms with Crippen molar-refractivity contribution in [2.24, 2.45) is 5.10 Å². The van der Waals surface area contributed by atoms with Gasteiger partial charge in [-0.15, -0.1) is 6.58 Å². The van der Waals surface area contributed by atoms with Crippen LogP contribution in [0.5, 0.6) is 0 Å². The van der Waals surface area contributed by atoms with Crippen molar-refractivity contribution in [3.05, 3.63) is 48.6 Å². The van der Waals surface area contributed by atoms with Crippen molar-refractivity contribution in [2.45, 2.75) is 19.4 Å². The Hall–Kier alpha value is -1.72. The zero-order valence-corrected chi connectivity index (χ0v) is 13.1. The highest BCUT2D eigenvalue weighted by molar-refractivity contribution is 7.80. The van der Waals surface area contributed by atoms with Crippen LogP contribution in [-0.4, -0.2) is 30.5 Å². The number of nitrogens with one attached hydrogen (secondary N) is 3. The zero-order chi connectivity index (χ0) is 14.9. The van der Waals surface area contributed by atoms with E-state index >= 15 is 0 Å². The van der Waals surface area contributed by atoms with E-state index in [2.05, 4.69) is 52.8 Å². The summed E-state index contributed by atoms with van der Waals surface area (Å²) >= 11 is 5.12. The van der Waals surface area contributed by atoms with Gasteiger partial charge in [0.1, 0.15) is 6.54 Å². The van der Waals surface area contributed by atoms with Crippen LogP contribution in [-0.2, 0) is 6.54 Å². The van der Waals surface area contributed by atoms with Crippen LogP contribution in [0.15, 0.2) is 48.1 Å². The minimum absolute atomic E-state index is 0.557. The maximum Gasteiger partial charge on any atom is 0.187 e. The average molecular weight is 303 g/mol. The number of piperidine rings is 1. The lowest BCUT2D eigenvalue weighted by atomic mass is 10.1. The van der Waals surface area contributed by atoms with Crippen LogP contribution in [0.3, 0.4) is 0 Å². The fraction of sp³-hybridized carbons (Fsp3) is 0.375. The van der Waals surface area contributed by atoms with Gasteiger partial charge in [-0.05, 0) is 12.2 Å². The Bertz CT molecular complexity index is 488. The molecule has 0 radical (unpaired) electrons. The molecular formula is C16H23N4S+. The van der Waals surface area contributed by atoms with Gasteiger partial charge in [0, 0.05) is 30.7 Å². The lowest BCUT2D eigenvalue weighted by Gasteiger charge is -2.24. The molecule has 1 saturated heterocycles. The minimum Gasteiger partial charge on any atom is -0.358 e. The molecule has 0 unspecified atom stereocenters. The summed E-state index contributed by atoms with van der Waals surface area (Å²) in [5.41, 5.74) is 5.51. The molecule has 21 heavy (non-hydrogen) atoms. The van der Waals surface area contributed by atoms with Crippen LogP contribution < -0.4 is 15.6 Å². The molecule has 1 aromatic rings. The van der Waals surface area contributed by atoms with E-state index in [1.54, 1.807) is 11.0 Å². The van der Waals surface area contributed by atoms with E-state index in [4.69, 9.17) is 12.2 Å². The molecule has 1 aromatic carbocycles. The molecule has 0 spiro atoms. The lowest BCUT2D eigenvalue weighted by Crippen LogP contribution is -3.11. The first-order chi connectivity index (χ1) is 10.3. The van der Waals surface area contributed by atoms with Crippen molar-refractivity contribution >= 4 is 23.0 Å². The van der Waals surface area contributed by atoms with Crippen molar-refractivity contribution in [3.63, 3.8) is 0 Å². The fourth-order valence-electron chi connectivity index (χ4n) is 2.40. The molecule has 2 rings (SSSR count). The highest BCUT2D eigenvalue weighted by Crippen LogP contribution is 1.98. The van der Waals surface area contributed by atoms with Crippen molar-refractivity contribution in [2.75, 3.05) is 19.6 Å². The SMILES string of the molecule is C=CCNC(=S)NN=C1CC[NH+](Cc2ccccc2)CC1. The topological polar surface area (TPSA) is 40.9 Å². The number of benzene rings is 1. The van der Waals surface area contributed by atoms with Gasteiger partial charge in [-0.1, -0.05) is 36.4 Å². The summed E-state index contributed by atoms with van der Waals surface area (Å²) in [4.78, 5) is 1.62. The van der Waals surface area contributed by atoms with Crippen LogP contribution in [0.4, 0.5) is 0 Å². The van der Waals surface area contributed by atoms with Crippen LogP contribution in [0.1, 0.15) is 18.4 Å². The molecule has 0 saturated carbocycles. The second-order valence-corrected chi connectivity index (χ2v) is 5.61. The van der Waals surface area contributed by atoms with E-state index in [1.165, 1.54) is 11.3 Å². The summed E-state index contributed by atoms with van der Waals surface area (Å²) in [6, 6.07) is 10.7. The third-order valence-electron chi connectivity index (χ3n) is 3.55. The third-order valence-corrected chi connectivity index (χ3v) is 3.79. The Morgan fingerprint density at radius 1 is 1.29 bits per heavy atom. The van der Waals surface area contributed by atoms with E-state index < -0.39 is 0 Å². The average Bonchev–Trinajstić information content (AvgIpc) is 2.53. The number of nitrogens with zero attached hydrogens (tertiary/aromatic N) is 1. The van der Waals surface area contributed by atoms with Gasteiger partial charge in [0.25, 0.3) is 0 Å². The molecular weight excluding hydrogens is 280 g/mol. The Morgan fingerprint density at radius 2 is 2.00 bits per heavy atom. The summed E-state index contributed by atoms with van der Waals surface area (Å²) in [6.45, 7) is 7.65. The number of quaternary nitrogens is 1. The number of rotatable bonds is 5. The van der Waals surface area contributed by atoms with Crippen molar-refractivity contribution in [1.82, 2.24) is 10.7 Å². The van der Waals surface area contributed by atoms with Gasteiger partial charge < -0.3 is 10.2 Å². The Morgan fingerprint density at radius 3 is 2.67 bits per heavy atom. The van der Waals surface area contributed by atoms with Gasteiger partial charge in [0.05, 0.1) is 13.1 Å². The summed E-state index contributed by atoms with van der Waals surface area (Å²) in [5.74, 6) is 0. The largest absolute Gasteiger partial charge is 0.358 e. The van der Waals surface area contributed by atoms with Gasteiger partial charge in [-0.3, -0.25) is 5.43 Å². The number of hydrazone groups is 1. The Labute approximate surface area is 131 Å². The summed E-state index contributed by atoms with van der Waals surface area (Å²) < 4.78 is 0. The van der Waals surface area contributed by atoms with Crippen molar-refractivity contribution in [3.8, 4) is 0 Å². The summed E-state index contributed by atoms with van der Waals surface area (Å²) in [6.07, 6.45) is 3.82. The van der Waals surface area contributed by atoms with Crippen molar-refractivity contribution in [1.29, 1.82) is 0 Å². The second kappa shape index (κ2) is 8.54. The third kappa shape index (κ3) is 5.65. The summed E-state index contributed by atoms with van der Waals surface area (Å²) in [7, 11) is 0. The summed E-state index contributed by atoms with van der Waals surface area (Å²) in [5, 5.41) is 7.95. The molecule has 0 aliphatic carbocycles. The highest BCUT2D eigenvalue weighted by Gasteiger charge is 2.18.